The Morgan fingerprint density at radius 2 is 1.70 bits per heavy atom. The molecule has 0 saturated carbocycles. The van der Waals surface area contributed by atoms with Gasteiger partial charge in [-0.25, -0.2) is 0 Å². The molecule has 6 nitrogen and oxygen atoms in total. The molecule has 1 atom stereocenters. The fourth-order valence-corrected chi connectivity index (χ4v) is 3.83. The molecule has 1 aliphatic heterocycles. The molecule has 1 amide bonds. The van der Waals surface area contributed by atoms with E-state index in [0.717, 1.165) is 28.3 Å². The Morgan fingerprint density at radius 1 is 1.00 bits per heavy atom. The van der Waals surface area contributed by atoms with Crippen LogP contribution in [0, 0.1) is 0 Å². The van der Waals surface area contributed by atoms with Gasteiger partial charge in [0.25, 0.3) is 5.91 Å². The highest BCUT2D eigenvalue weighted by molar-refractivity contribution is 6.01. The summed E-state index contributed by atoms with van der Waals surface area (Å²) in [5, 5.41) is 4.33. The Bertz CT molecular complexity index is 1090. The molecule has 3 aromatic rings. The second-order valence-corrected chi connectivity index (χ2v) is 8.31. The third kappa shape index (κ3) is 5.52. The van der Waals surface area contributed by atoms with Gasteiger partial charge in [0.1, 0.15) is 5.75 Å². The minimum absolute atomic E-state index is 0.0473. The van der Waals surface area contributed by atoms with Crippen molar-refractivity contribution >= 4 is 17.3 Å². The Labute approximate surface area is 195 Å². The minimum atomic E-state index is -0.195. The normalized spacial score (nSPS) is 14.9. The van der Waals surface area contributed by atoms with Crippen molar-refractivity contribution in [2.45, 2.75) is 19.1 Å². The van der Waals surface area contributed by atoms with Gasteiger partial charge in [-0.15, -0.1) is 0 Å². The van der Waals surface area contributed by atoms with Gasteiger partial charge in [-0.2, -0.15) is 0 Å². The number of carbonyl (C=O) groups excluding carboxylic acids is 1. The van der Waals surface area contributed by atoms with Gasteiger partial charge in [0.2, 0.25) is 0 Å². The zero-order valence-corrected chi connectivity index (χ0v) is 19.3. The SMILES string of the molecule is COc1ccc(C(=O)N(Cc2ccccc2)CC2CC(c3ccc(N(C)C)cc3)=NO2)cc1. The molecule has 0 N–H and O–H groups in total. The van der Waals surface area contributed by atoms with Gasteiger partial charge >= 0.3 is 0 Å². The van der Waals surface area contributed by atoms with Crippen molar-refractivity contribution in [3.63, 3.8) is 0 Å². The first kappa shape index (κ1) is 22.4. The van der Waals surface area contributed by atoms with E-state index >= 15 is 0 Å². The molecule has 0 aromatic heterocycles. The van der Waals surface area contributed by atoms with Gasteiger partial charge in [0, 0.05) is 38.3 Å². The maximum absolute atomic E-state index is 13.4. The number of nitrogens with zero attached hydrogens (tertiary/aromatic N) is 3. The zero-order valence-electron chi connectivity index (χ0n) is 19.3. The lowest BCUT2D eigenvalue weighted by Crippen LogP contribution is -2.37. The van der Waals surface area contributed by atoms with E-state index in [-0.39, 0.29) is 12.0 Å². The first-order valence-corrected chi connectivity index (χ1v) is 11.0. The topological polar surface area (TPSA) is 54.4 Å². The highest BCUT2D eigenvalue weighted by atomic mass is 16.6. The smallest absolute Gasteiger partial charge is 0.254 e. The van der Waals surface area contributed by atoms with Gasteiger partial charge in [-0.05, 0) is 47.5 Å². The van der Waals surface area contributed by atoms with Crippen LogP contribution in [0.25, 0.3) is 0 Å². The molecule has 1 aliphatic rings. The lowest BCUT2D eigenvalue weighted by Gasteiger charge is -2.25. The number of hydrogen-bond acceptors (Lipinski definition) is 5. The van der Waals surface area contributed by atoms with E-state index in [2.05, 4.69) is 34.3 Å². The van der Waals surface area contributed by atoms with E-state index in [1.807, 2.05) is 49.3 Å². The summed E-state index contributed by atoms with van der Waals surface area (Å²) in [4.78, 5) is 23.0. The molecule has 0 aliphatic carbocycles. The maximum atomic E-state index is 13.4. The van der Waals surface area contributed by atoms with Crippen LogP contribution in [0.2, 0.25) is 0 Å². The molecule has 3 aromatic carbocycles. The summed E-state index contributed by atoms with van der Waals surface area (Å²) in [6.45, 7) is 0.945. The van der Waals surface area contributed by atoms with Gasteiger partial charge in [-0.3, -0.25) is 4.79 Å². The number of ether oxygens (including phenoxy) is 1. The lowest BCUT2D eigenvalue weighted by atomic mass is 10.0. The Kier molecular flexibility index (Phi) is 6.93. The van der Waals surface area contributed by atoms with Crippen molar-refractivity contribution in [1.82, 2.24) is 4.90 Å². The summed E-state index contributed by atoms with van der Waals surface area (Å²) in [7, 11) is 5.65. The summed E-state index contributed by atoms with van der Waals surface area (Å²) < 4.78 is 5.22. The fraction of sp³-hybridized carbons (Fsp3) is 0.259. The summed E-state index contributed by atoms with van der Waals surface area (Å²) in [6.07, 6.45) is 0.460. The van der Waals surface area contributed by atoms with Crippen LogP contribution >= 0.6 is 0 Å². The van der Waals surface area contributed by atoms with Crippen LogP contribution in [-0.4, -0.2) is 50.4 Å². The molecule has 4 rings (SSSR count). The van der Waals surface area contributed by atoms with E-state index in [0.29, 0.717) is 25.1 Å². The number of rotatable bonds is 8. The number of methoxy groups -OCH3 is 1. The van der Waals surface area contributed by atoms with Crippen molar-refractivity contribution in [3.05, 3.63) is 95.6 Å². The predicted octanol–water partition coefficient (Wildman–Crippen LogP) is 4.60. The number of oxime groups is 1. The molecule has 1 heterocycles. The molecular weight excluding hydrogens is 414 g/mol. The number of amides is 1. The molecule has 0 spiro atoms. The molecule has 6 heteroatoms. The van der Waals surface area contributed by atoms with Crippen LogP contribution < -0.4 is 9.64 Å². The average Bonchev–Trinajstić information content (AvgIpc) is 3.32. The summed E-state index contributed by atoms with van der Waals surface area (Å²) in [5.74, 6) is 0.674. The monoisotopic (exact) mass is 443 g/mol. The summed E-state index contributed by atoms with van der Waals surface area (Å²) >= 11 is 0. The third-order valence-corrected chi connectivity index (χ3v) is 5.71. The average molecular weight is 444 g/mol. The highest BCUT2D eigenvalue weighted by Gasteiger charge is 2.27. The Hall–Kier alpha value is -3.80. The van der Waals surface area contributed by atoms with Crippen molar-refractivity contribution in [2.24, 2.45) is 5.16 Å². The van der Waals surface area contributed by atoms with Gasteiger partial charge < -0.3 is 19.4 Å². The van der Waals surface area contributed by atoms with Crippen LogP contribution in [0.4, 0.5) is 5.69 Å². The number of carbonyl (C=O) groups is 1. The second-order valence-electron chi connectivity index (χ2n) is 8.31. The fourth-order valence-electron chi connectivity index (χ4n) is 3.83. The zero-order chi connectivity index (χ0) is 23.2. The van der Waals surface area contributed by atoms with Crippen LogP contribution in [0.5, 0.6) is 5.75 Å². The van der Waals surface area contributed by atoms with Crippen molar-refractivity contribution in [3.8, 4) is 5.75 Å². The van der Waals surface area contributed by atoms with E-state index in [1.54, 1.807) is 31.4 Å². The first-order chi connectivity index (χ1) is 16.0. The summed E-state index contributed by atoms with van der Waals surface area (Å²) in [5.41, 5.74) is 4.76. The lowest BCUT2D eigenvalue weighted by molar-refractivity contribution is 0.0405. The maximum Gasteiger partial charge on any atom is 0.254 e. The van der Waals surface area contributed by atoms with Gasteiger partial charge in [0.15, 0.2) is 6.10 Å². The van der Waals surface area contributed by atoms with Crippen molar-refractivity contribution in [2.75, 3.05) is 32.6 Å². The van der Waals surface area contributed by atoms with Crippen LogP contribution in [0.3, 0.4) is 0 Å². The Morgan fingerprint density at radius 3 is 2.33 bits per heavy atom. The van der Waals surface area contributed by atoms with E-state index in [4.69, 9.17) is 9.57 Å². The third-order valence-electron chi connectivity index (χ3n) is 5.71. The van der Waals surface area contributed by atoms with Crippen LogP contribution in [0.15, 0.2) is 84.0 Å². The molecule has 33 heavy (non-hydrogen) atoms. The predicted molar refractivity (Wildman–Crippen MR) is 131 cm³/mol. The quantitative estimate of drug-likeness (QED) is 0.511. The number of benzene rings is 3. The van der Waals surface area contributed by atoms with E-state index in [1.165, 1.54) is 0 Å². The summed E-state index contributed by atoms with van der Waals surface area (Å²) in [6, 6.07) is 25.4. The van der Waals surface area contributed by atoms with Crippen LogP contribution in [0.1, 0.15) is 27.9 Å². The molecule has 1 unspecified atom stereocenters. The van der Waals surface area contributed by atoms with Crippen molar-refractivity contribution in [1.29, 1.82) is 0 Å². The Balaban J connectivity index is 1.47. The minimum Gasteiger partial charge on any atom is -0.497 e. The van der Waals surface area contributed by atoms with E-state index < -0.39 is 0 Å². The second kappa shape index (κ2) is 10.2. The number of anilines is 1. The van der Waals surface area contributed by atoms with Gasteiger partial charge in [-0.1, -0.05) is 47.6 Å². The van der Waals surface area contributed by atoms with Gasteiger partial charge in [0.05, 0.1) is 19.4 Å². The largest absolute Gasteiger partial charge is 0.497 e. The molecule has 0 radical (unpaired) electrons. The highest BCUT2D eigenvalue weighted by Crippen LogP contribution is 2.22. The first-order valence-electron chi connectivity index (χ1n) is 11.0. The molecule has 0 bridgehead atoms. The standard InChI is InChI=1S/C27H29N3O3/c1-29(2)23-13-9-21(10-14-23)26-17-25(33-28-26)19-30(18-20-7-5-4-6-8-20)27(31)22-11-15-24(32-3)16-12-22/h4-16,25H,17-19H2,1-3H3. The van der Waals surface area contributed by atoms with E-state index in [9.17, 15) is 4.79 Å². The number of hydrogen-bond donors (Lipinski definition) is 0. The molecular formula is C27H29N3O3. The molecule has 170 valence electrons. The molecule has 0 saturated heterocycles. The van der Waals surface area contributed by atoms with Crippen molar-refractivity contribution < 1.29 is 14.4 Å². The van der Waals surface area contributed by atoms with Crippen LogP contribution in [-0.2, 0) is 11.4 Å². The molecule has 0 fully saturated rings.